The van der Waals surface area contributed by atoms with Crippen molar-refractivity contribution in [1.82, 2.24) is 9.21 Å². The minimum Gasteiger partial charge on any atom is -0.296 e. The van der Waals surface area contributed by atoms with Gasteiger partial charge in [0.2, 0.25) is 10.0 Å². The normalized spacial score (nSPS) is 20.8. The SMILES string of the molecule is C=C1CN(CC)CCN1S(C)(=O)=O. The molecule has 5 heteroatoms. The number of rotatable bonds is 2. The van der Waals surface area contributed by atoms with Crippen LogP contribution in [-0.2, 0) is 10.0 Å². The Morgan fingerprint density at radius 1 is 1.46 bits per heavy atom. The van der Waals surface area contributed by atoms with Crippen LogP contribution in [0.15, 0.2) is 12.3 Å². The van der Waals surface area contributed by atoms with Crippen molar-refractivity contribution in [3.8, 4) is 0 Å². The van der Waals surface area contributed by atoms with Crippen molar-refractivity contribution in [1.29, 1.82) is 0 Å². The summed E-state index contributed by atoms with van der Waals surface area (Å²) in [4.78, 5) is 2.17. The topological polar surface area (TPSA) is 40.6 Å². The van der Waals surface area contributed by atoms with Gasteiger partial charge in [-0.3, -0.25) is 9.21 Å². The van der Waals surface area contributed by atoms with E-state index in [0.717, 1.165) is 13.1 Å². The van der Waals surface area contributed by atoms with Crippen LogP contribution in [-0.4, -0.2) is 50.1 Å². The largest absolute Gasteiger partial charge is 0.296 e. The highest BCUT2D eigenvalue weighted by atomic mass is 32.2. The molecule has 76 valence electrons. The highest BCUT2D eigenvalue weighted by Gasteiger charge is 2.24. The van der Waals surface area contributed by atoms with E-state index < -0.39 is 10.0 Å². The smallest absolute Gasteiger partial charge is 0.232 e. The van der Waals surface area contributed by atoms with Crippen molar-refractivity contribution in [3.05, 3.63) is 12.3 Å². The third-order valence-electron chi connectivity index (χ3n) is 2.23. The number of likely N-dealkylation sites (N-methyl/N-ethyl adjacent to an activating group) is 1. The lowest BCUT2D eigenvalue weighted by Crippen LogP contribution is -2.46. The van der Waals surface area contributed by atoms with Crippen molar-refractivity contribution >= 4 is 10.0 Å². The average Bonchev–Trinajstić information content (AvgIpc) is 2.01. The molecule has 0 bridgehead atoms. The quantitative estimate of drug-likeness (QED) is 0.640. The first-order valence-electron chi connectivity index (χ1n) is 4.33. The van der Waals surface area contributed by atoms with Crippen LogP contribution in [0, 0.1) is 0 Å². The first kappa shape index (κ1) is 10.5. The second-order valence-corrected chi connectivity index (χ2v) is 5.18. The monoisotopic (exact) mass is 204 g/mol. The van der Waals surface area contributed by atoms with Crippen molar-refractivity contribution < 1.29 is 8.42 Å². The molecule has 1 rings (SSSR count). The second kappa shape index (κ2) is 3.67. The molecule has 0 atom stereocenters. The number of piperazine rings is 1. The fraction of sp³-hybridized carbons (Fsp3) is 0.750. The van der Waals surface area contributed by atoms with Gasteiger partial charge in [-0.2, -0.15) is 0 Å². The maximum Gasteiger partial charge on any atom is 0.232 e. The van der Waals surface area contributed by atoms with Gasteiger partial charge in [0.25, 0.3) is 0 Å². The molecule has 1 aliphatic heterocycles. The van der Waals surface area contributed by atoms with E-state index in [1.165, 1.54) is 10.6 Å². The van der Waals surface area contributed by atoms with Crippen molar-refractivity contribution in [2.24, 2.45) is 0 Å². The number of hydrogen-bond acceptors (Lipinski definition) is 3. The highest BCUT2D eigenvalue weighted by molar-refractivity contribution is 7.88. The van der Waals surface area contributed by atoms with Gasteiger partial charge < -0.3 is 0 Å². The fourth-order valence-electron chi connectivity index (χ4n) is 1.48. The van der Waals surface area contributed by atoms with Gasteiger partial charge in [-0.1, -0.05) is 13.5 Å². The Bertz CT molecular complexity index is 297. The highest BCUT2D eigenvalue weighted by Crippen LogP contribution is 2.14. The molecule has 0 unspecified atom stereocenters. The molecule has 0 N–H and O–H groups in total. The minimum atomic E-state index is -3.10. The van der Waals surface area contributed by atoms with Crippen molar-refractivity contribution in [2.45, 2.75) is 6.92 Å². The molecule has 1 fully saturated rings. The molecular formula is C8H16N2O2S. The lowest BCUT2D eigenvalue weighted by Gasteiger charge is -2.35. The Labute approximate surface area is 79.9 Å². The lowest BCUT2D eigenvalue weighted by atomic mass is 10.3. The number of nitrogens with zero attached hydrogens (tertiary/aromatic N) is 2. The summed E-state index contributed by atoms with van der Waals surface area (Å²) in [5.74, 6) is 0. The van der Waals surface area contributed by atoms with Crippen LogP contribution in [0.25, 0.3) is 0 Å². The predicted octanol–water partition coefficient (Wildman–Crippen LogP) is 0.0972. The molecule has 0 saturated carbocycles. The molecule has 1 heterocycles. The molecule has 0 radical (unpaired) electrons. The molecular weight excluding hydrogens is 188 g/mol. The van der Waals surface area contributed by atoms with Crippen LogP contribution in [0.3, 0.4) is 0 Å². The third-order valence-corrected chi connectivity index (χ3v) is 3.47. The van der Waals surface area contributed by atoms with Gasteiger partial charge >= 0.3 is 0 Å². The molecule has 0 aromatic carbocycles. The fourth-order valence-corrected chi connectivity index (χ4v) is 2.42. The van der Waals surface area contributed by atoms with Gasteiger partial charge in [-0.05, 0) is 6.54 Å². The summed E-state index contributed by atoms with van der Waals surface area (Å²) in [6.07, 6.45) is 1.22. The molecule has 1 aliphatic rings. The molecule has 4 nitrogen and oxygen atoms in total. The van der Waals surface area contributed by atoms with E-state index in [2.05, 4.69) is 18.4 Å². The van der Waals surface area contributed by atoms with Crippen LogP contribution in [0.1, 0.15) is 6.92 Å². The zero-order valence-electron chi connectivity index (χ0n) is 8.15. The Balaban J connectivity index is 2.70. The van der Waals surface area contributed by atoms with Crippen LogP contribution >= 0.6 is 0 Å². The molecule has 13 heavy (non-hydrogen) atoms. The van der Waals surface area contributed by atoms with Crippen LogP contribution in [0.2, 0.25) is 0 Å². The molecule has 0 aliphatic carbocycles. The molecule has 0 aromatic rings. The van der Waals surface area contributed by atoms with E-state index in [0.29, 0.717) is 18.8 Å². The third kappa shape index (κ3) is 2.45. The van der Waals surface area contributed by atoms with Gasteiger partial charge in [0.05, 0.1) is 6.26 Å². The summed E-state index contributed by atoms with van der Waals surface area (Å²) in [6, 6.07) is 0. The van der Waals surface area contributed by atoms with E-state index >= 15 is 0 Å². The maximum absolute atomic E-state index is 11.2. The van der Waals surface area contributed by atoms with Crippen molar-refractivity contribution in [2.75, 3.05) is 32.4 Å². The Hall–Kier alpha value is -0.550. The molecule has 0 spiro atoms. The summed E-state index contributed by atoms with van der Waals surface area (Å²) >= 11 is 0. The van der Waals surface area contributed by atoms with Crippen LogP contribution < -0.4 is 0 Å². The van der Waals surface area contributed by atoms with E-state index in [-0.39, 0.29) is 0 Å². The van der Waals surface area contributed by atoms with E-state index in [4.69, 9.17) is 0 Å². The van der Waals surface area contributed by atoms with Crippen molar-refractivity contribution in [3.63, 3.8) is 0 Å². The van der Waals surface area contributed by atoms with Gasteiger partial charge in [0.1, 0.15) is 0 Å². The Kier molecular flexibility index (Phi) is 2.98. The average molecular weight is 204 g/mol. The molecule has 1 saturated heterocycles. The van der Waals surface area contributed by atoms with Gasteiger partial charge in [-0.25, -0.2) is 8.42 Å². The van der Waals surface area contributed by atoms with Crippen LogP contribution in [0.4, 0.5) is 0 Å². The number of sulfonamides is 1. The zero-order valence-corrected chi connectivity index (χ0v) is 8.97. The minimum absolute atomic E-state index is 0.533. The summed E-state index contributed by atoms with van der Waals surface area (Å²) in [5, 5.41) is 0. The summed E-state index contributed by atoms with van der Waals surface area (Å²) in [7, 11) is -3.10. The molecule has 0 amide bonds. The maximum atomic E-state index is 11.2. The van der Waals surface area contributed by atoms with Gasteiger partial charge in [-0.15, -0.1) is 0 Å². The summed E-state index contributed by atoms with van der Waals surface area (Å²) in [5.41, 5.74) is 0.676. The first-order valence-corrected chi connectivity index (χ1v) is 6.18. The van der Waals surface area contributed by atoms with E-state index in [1.54, 1.807) is 0 Å². The van der Waals surface area contributed by atoms with E-state index in [9.17, 15) is 8.42 Å². The molecule has 0 aromatic heterocycles. The Morgan fingerprint density at radius 3 is 2.46 bits per heavy atom. The predicted molar refractivity (Wildman–Crippen MR) is 52.8 cm³/mol. The van der Waals surface area contributed by atoms with Gasteiger partial charge in [0.15, 0.2) is 0 Å². The second-order valence-electron chi connectivity index (χ2n) is 3.27. The first-order chi connectivity index (χ1) is 5.95. The zero-order chi connectivity index (χ0) is 10.1. The standard InChI is InChI=1S/C8H16N2O2S/c1-4-9-5-6-10(8(2)7-9)13(3,11)12/h2,4-7H2,1,3H3. The summed E-state index contributed by atoms with van der Waals surface area (Å²) in [6.45, 7) is 8.75. The van der Waals surface area contributed by atoms with Gasteiger partial charge in [0, 0.05) is 25.3 Å². The lowest BCUT2D eigenvalue weighted by molar-refractivity contribution is 0.236. The number of hydrogen-bond donors (Lipinski definition) is 0. The Morgan fingerprint density at radius 2 is 2.08 bits per heavy atom. The van der Waals surface area contributed by atoms with Crippen LogP contribution in [0.5, 0.6) is 0 Å². The summed E-state index contributed by atoms with van der Waals surface area (Å²) < 4.78 is 23.9. The van der Waals surface area contributed by atoms with E-state index in [1.807, 2.05) is 0 Å².